The first-order chi connectivity index (χ1) is 14.7. The fourth-order valence-electron chi connectivity index (χ4n) is 3.15. The Bertz CT molecular complexity index is 957. The van der Waals surface area contributed by atoms with Crippen LogP contribution in [0.25, 0.3) is 0 Å². The molecule has 1 atom stereocenters. The van der Waals surface area contributed by atoms with Crippen LogP contribution in [0, 0.1) is 0 Å². The van der Waals surface area contributed by atoms with E-state index in [4.69, 9.17) is 56.2 Å². The lowest BCUT2D eigenvalue weighted by Gasteiger charge is -2.27. The Morgan fingerprint density at radius 2 is 2.03 bits per heavy atom. The van der Waals surface area contributed by atoms with Gasteiger partial charge in [0.1, 0.15) is 11.2 Å². The van der Waals surface area contributed by atoms with Gasteiger partial charge in [-0.05, 0) is 62.5 Å². The highest BCUT2D eigenvalue weighted by Gasteiger charge is 2.36. The van der Waals surface area contributed by atoms with Crippen LogP contribution in [0.4, 0.5) is 5.00 Å². The molecule has 0 aromatic carbocycles. The molecule has 0 saturated heterocycles. The standard InChI is InChI=1S/C19H20Cl3N3O4S2/c1-2-28-16(27)13-10-6-3-4-8-12(10)31-15(13)24-18(30)25-17(19(20,21)22)23-14(26)11-7-5-9-29-11/h5,7,9,17H,2-4,6,8H2,1H3,(H,23,26)(H2,24,25,30)/t17-/m1/s1. The molecule has 12 heteroatoms. The number of nitrogens with one attached hydrogen (secondary N) is 3. The number of aryl methyl sites for hydroxylation is 1. The van der Waals surface area contributed by atoms with Crippen LogP contribution < -0.4 is 16.0 Å². The molecule has 3 N–H and O–H groups in total. The van der Waals surface area contributed by atoms with E-state index in [1.54, 1.807) is 13.0 Å². The molecule has 0 saturated carbocycles. The summed E-state index contributed by atoms with van der Waals surface area (Å²) in [7, 11) is 0. The zero-order valence-corrected chi connectivity index (χ0v) is 20.3. The van der Waals surface area contributed by atoms with Crippen molar-refractivity contribution in [2.75, 3.05) is 11.9 Å². The van der Waals surface area contributed by atoms with Crippen molar-refractivity contribution in [3.05, 3.63) is 40.2 Å². The maximum atomic E-state index is 12.6. The van der Waals surface area contributed by atoms with E-state index in [9.17, 15) is 9.59 Å². The summed E-state index contributed by atoms with van der Waals surface area (Å²) >= 11 is 24.9. The van der Waals surface area contributed by atoms with Crippen molar-refractivity contribution in [2.45, 2.75) is 42.6 Å². The van der Waals surface area contributed by atoms with Crippen LogP contribution in [0.15, 0.2) is 22.8 Å². The SMILES string of the molecule is CCOC(=O)c1c(NC(=S)N[C@@H](NC(=O)c2ccco2)C(Cl)(Cl)Cl)sc2c1CCCC2. The van der Waals surface area contributed by atoms with Gasteiger partial charge in [0.2, 0.25) is 3.79 Å². The van der Waals surface area contributed by atoms with Crippen LogP contribution in [0.1, 0.15) is 51.1 Å². The van der Waals surface area contributed by atoms with Crippen molar-refractivity contribution in [1.82, 2.24) is 10.6 Å². The molecule has 2 aromatic heterocycles. The van der Waals surface area contributed by atoms with Crippen molar-refractivity contribution in [1.29, 1.82) is 0 Å². The van der Waals surface area contributed by atoms with Crippen molar-refractivity contribution in [2.24, 2.45) is 0 Å². The van der Waals surface area contributed by atoms with E-state index in [0.29, 0.717) is 10.6 Å². The maximum Gasteiger partial charge on any atom is 0.341 e. The van der Waals surface area contributed by atoms with Gasteiger partial charge in [-0.25, -0.2) is 4.79 Å². The molecule has 168 valence electrons. The third-order valence-corrected chi connectivity index (χ3v) is 6.58. The molecule has 0 unspecified atom stereocenters. The molecule has 1 aliphatic carbocycles. The summed E-state index contributed by atoms with van der Waals surface area (Å²) in [6, 6.07) is 3.04. The highest BCUT2D eigenvalue weighted by atomic mass is 35.6. The second kappa shape index (κ2) is 10.4. The topological polar surface area (TPSA) is 92.6 Å². The largest absolute Gasteiger partial charge is 0.462 e. The second-order valence-corrected chi connectivity index (χ2v) is 10.5. The number of hydrogen-bond donors (Lipinski definition) is 3. The second-order valence-electron chi connectivity index (χ2n) is 6.66. The summed E-state index contributed by atoms with van der Waals surface area (Å²) in [5.41, 5.74) is 1.47. The third-order valence-electron chi connectivity index (χ3n) is 4.50. The number of amides is 1. The summed E-state index contributed by atoms with van der Waals surface area (Å²) in [5, 5.41) is 8.94. The van der Waals surface area contributed by atoms with Crippen LogP contribution in [0.5, 0.6) is 0 Å². The Morgan fingerprint density at radius 3 is 2.68 bits per heavy atom. The molecule has 2 aromatic rings. The molecule has 3 rings (SSSR count). The Hall–Kier alpha value is -1.52. The van der Waals surface area contributed by atoms with Gasteiger partial charge in [-0.15, -0.1) is 11.3 Å². The molecule has 7 nitrogen and oxygen atoms in total. The number of anilines is 1. The summed E-state index contributed by atoms with van der Waals surface area (Å²) < 4.78 is 8.37. The van der Waals surface area contributed by atoms with Crippen LogP contribution in [0.2, 0.25) is 0 Å². The minimum atomic E-state index is -1.92. The van der Waals surface area contributed by atoms with E-state index in [1.807, 2.05) is 0 Å². The van der Waals surface area contributed by atoms with Gasteiger partial charge in [-0.3, -0.25) is 4.79 Å². The molecule has 0 radical (unpaired) electrons. The van der Waals surface area contributed by atoms with Crippen molar-refractivity contribution in [3.63, 3.8) is 0 Å². The molecule has 31 heavy (non-hydrogen) atoms. The lowest BCUT2D eigenvalue weighted by molar-refractivity contribution is 0.0526. The van der Waals surface area contributed by atoms with E-state index in [1.165, 1.54) is 23.7 Å². The number of carbonyl (C=O) groups excluding carboxylic acids is 2. The molecule has 2 heterocycles. The van der Waals surface area contributed by atoms with E-state index < -0.39 is 21.8 Å². The molecule has 0 bridgehead atoms. The lowest BCUT2D eigenvalue weighted by Crippen LogP contribution is -2.56. The van der Waals surface area contributed by atoms with Gasteiger partial charge >= 0.3 is 5.97 Å². The van der Waals surface area contributed by atoms with E-state index in [-0.39, 0.29) is 17.5 Å². The van der Waals surface area contributed by atoms with E-state index in [2.05, 4.69) is 16.0 Å². The fraction of sp³-hybridized carbons (Fsp3) is 0.421. The van der Waals surface area contributed by atoms with Crippen molar-refractivity contribution >= 4 is 80.3 Å². The Balaban J connectivity index is 1.77. The van der Waals surface area contributed by atoms with Crippen LogP contribution >= 0.6 is 58.4 Å². The number of furan rings is 1. The number of fused-ring (bicyclic) bond motifs is 1. The average molecular weight is 525 g/mol. The number of carbonyl (C=O) groups is 2. The molecular weight excluding hydrogens is 505 g/mol. The number of ether oxygens (including phenoxy) is 1. The van der Waals surface area contributed by atoms with Crippen LogP contribution in [-0.4, -0.2) is 33.6 Å². The highest BCUT2D eigenvalue weighted by Crippen LogP contribution is 2.38. The molecule has 1 amide bonds. The van der Waals surface area contributed by atoms with E-state index in [0.717, 1.165) is 36.1 Å². The highest BCUT2D eigenvalue weighted by molar-refractivity contribution is 7.80. The number of esters is 1. The van der Waals surface area contributed by atoms with Gasteiger partial charge in [0.05, 0.1) is 18.4 Å². The number of alkyl halides is 3. The Labute approximate surface area is 203 Å². The number of thiophene rings is 1. The number of rotatable bonds is 6. The van der Waals surface area contributed by atoms with Gasteiger partial charge in [0.15, 0.2) is 10.9 Å². The number of hydrogen-bond acceptors (Lipinski definition) is 6. The molecule has 0 aliphatic heterocycles. The number of thiocarbonyl (C=S) groups is 1. The molecule has 0 fully saturated rings. The van der Waals surface area contributed by atoms with Crippen molar-refractivity contribution < 1.29 is 18.7 Å². The predicted molar refractivity (Wildman–Crippen MR) is 127 cm³/mol. The first kappa shape index (κ1) is 24.1. The summed E-state index contributed by atoms with van der Waals surface area (Å²) in [6.45, 7) is 2.02. The zero-order valence-electron chi connectivity index (χ0n) is 16.4. The smallest absolute Gasteiger partial charge is 0.341 e. The Kier molecular flexibility index (Phi) is 8.09. The average Bonchev–Trinajstić information content (AvgIpc) is 3.34. The Morgan fingerprint density at radius 1 is 1.29 bits per heavy atom. The fourth-order valence-corrected chi connectivity index (χ4v) is 5.05. The summed E-state index contributed by atoms with van der Waals surface area (Å²) in [5.74, 6) is -0.942. The first-order valence-corrected chi connectivity index (χ1v) is 11.9. The van der Waals surface area contributed by atoms with Gasteiger partial charge in [0, 0.05) is 4.88 Å². The van der Waals surface area contributed by atoms with E-state index >= 15 is 0 Å². The lowest BCUT2D eigenvalue weighted by atomic mass is 9.95. The predicted octanol–water partition coefficient (Wildman–Crippen LogP) is 4.81. The van der Waals surface area contributed by atoms with Gasteiger partial charge in [0.25, 0.3) is 5.91 Å². The summed E-state index contributed by atoms with van der Waals surface area (Å²) in [6.07, 6.45) is 3.95. The van der Waals surface area contributed by atoms with Crippen LogP contribution in [-0.2, 0) is 17.6 Å². The quantitative estimate of drug-likeness (QED) is 0.216. The minimum Gasteiger partial charge on any atom is -0.462 e. The third kappa shape index (κ3) is 6.04. The first-order valence-electron chi connectivity index (χ1n) is 9.51. The van der Waals surface area contributed by atoms with Gasteiger partial charge in [-0.2, -0.15) is 0 Å². The van der Waals surface area contributed by atoms with Gasteiger partial charge < -0.3 is 25.1 Å². The maximum absolute atomic E-state index is 12.6. The van der Waals surface area contributed by atoms with Crippen LogP contribution in [0.3, 0.4) is 0 Å². The molecular formula is C19H20Cl3N3O4S2. The summed E-state index contributed by atoms with van der Waals surface area (Å²) in [4.78, 5) is 26.0. The number of halogens is 3. The molecule has 1 aliphatic rings. The monoisotopic (exact) mass is 523 g/mol. The van der Waals surface area contributed by atoms with Crippen molar-refractivity contribution in [3.8, 4) is 0 Å². The normalized spacial score (nSPS) is 14.3. The minimum absolute atomic E-state index is 0.0513. The zero-order chi connectivity index (χ0) is 22.6. The molecule has 0 spiro atoms. The van der Waals surface area contributed by atoms with Gasteiger partial charge in [-0.1, -0.05) is 34.8 Å².